The quantitative estimate of drug-likeness (QED) is 0.196. The first-order chi connectivity index (χ1) is 20.6. The molecule has 222 valence electrons. The highest BCUT2D eigenvalue weighted by Gasteiger charge is 2.26. The lowest BCUT2D eigenvalue weighted by Crippen LogP contribution is -2.37. The molecule has 0 aliphatic carbocycles. The van der Waals surface area contributed by atoms with E-state index in [1.807, 2.05) is 6.07 Å². The van der Waals surface area contributed by atoms with Crippen LogP contribution < -0.4 is 10.5 Å². The molecule has 6 rings (SSSR count). The molecule has 2 aromatic heterocycles. The highest BCUT2D eigenvalue weighted by molar-refractivity contribution is 6.12. The molecule has 0 radical (unpaired) electrons. The second-order valence-corrected chi connectivity index (χ2v) is 11.3. The minimum absolute atomic E-state index is 0.125. The molecule has 0 unspecified atom stereocenters. The number of rotatable bonds is 7. The van der Waals surface area contributed by atoms with Crippen LogP contribution in [-0.2, 0) is 0 Å². The first-order valence-electron chi connectivity index (χ1n) is 14.3. The molecule has 7 nitrogen and oxygen atoms in total. The van der Waals surface area contributed by atoms with Crippen molar-refractivity contribution in [1.82, 2.24) is 19.7 Å². The molecule has 1 aliphatic rings. The number of fused-ring (bicyclic) bond motifs is 1. The Kier molecular flexibility index (Phi) is 7.47. The van der Waals surface area contributed by atoms with E-state index in [1.165, 1.54) is 29.1 Å². The third-order valence-corrected chi connectivity index (χ3v) is 8.27. The molecule has 1 fully saturated rings. The van der Waals surface area contributed by atoms with Gasteiger partial charge in [-0.2, -0.15) is 9.49 Å². The predicted octanol–water partition coefficient (Wildman–Crippen LogP) is 7.27. The third-order valence-electron chi connectivity index (χ3n) is 8.27. The van der Waals surface area contributed by atoms with Gasteiger partial charge in [-0.3, -0.25) is 4.79 Å². The smallest absolute Gasteiger partial charge is 0.214 e. The van der Waals surface area contributed by atoms with Crippen molar-refractivity contribution in [2.75, 3.05) is 18.8 Å². The molecule has 3 aromatic carbocycles. The zero-order valence-electron chi connectivity index (χ0n) is 24.1. The van der Waals surface area contributed by atoms with Crippen LogP contribution >= 0.6 is 0 Å². The average Bonchev–Trinajstić information content (AvgIpc) is 3.58. The molecule has 1 aliphatic heterocycles. The monoisotopic (exact) mass is 587 g/mol. The van der Waals surface area contributed by atoms with Crippen molar-refractivity contribution in [3.8, 4) is 17.2 Å². The number of hydrogen-bond acceptors (Lipinski definition) is 5. The minimum atomic E-state index is -1.08. The number of carbonyl (C=O) groups is 1. The van der Waals surface area contributed by atoms with Gasteiger partial charge in [0.25, 0.3) is 0 Å². The molecule has 3 N–H and O–H groups in total. The maximum absolute atomic E-state index is 15.2. The number of benzene rings is 3. The van der Waals surface area contributed by atoms with Crippen LogP contribution in [0.1, 0.15) is 59.8 Å². The van der Waals surface area contributed by atoms with E-state index in [-0.39, 0.29) is 40.3 Å². The van der Waals surface area contributed by atoms with Crippen molar-refractivity contribution in [1.29, 1.82) is 0 Å². The third kappa shape index (κ3) is 5.38. The number of H-pyrrole nitrogens is 1. The number of nitrogen functional groups attached to an aromatic ring is 1. The van der Waals surface area contributed by atoms with Gasteiger partial charge in [0.1, 0.15) is 17.4 Å². The Labute approximate surface area is 247 Å². The normalized spacial score (nSPS) is 14.6. The number of nitrogens with one attached hydrogen (secondary N) is 1. The topological polar surface area (TPSA) is 89.2 Å². The van der Waals surface area contributed by atoms with E-state index in [4.69, 9.17) is 10.5 Å². The summed E-state index contributed by atoms with van der Waals surface area (Å²) in [5.74, 6) is -2.40. The lowest BCUT2D eigenvalue weighted by Gasteiger charge is -2.34. The largest absolute Gasteiger partial charge is 0.454 e. The van der Waals surface area contributed by atoms with Crippen molar-refractivity contribution >= 4 is 22.5 Å². The Morgan fingerprint density at radius 3 is 2.53 bits per heavy atom. The molecular weight excluding hydrogens is 555 g/mol. The van der Waals surface area contributed by atoms with Crippen molar-refractivity contribution in [2.24, 2.45) is 0 Å². The van der Waals surface area contributed by atoms with Crippen molar-refractivity contribution in [3.63, 3.8) is 0 Å². The van der Waals surface area contributed by atoms with E-state index < -0.39 is 11.6 Å². The van der Waals surface area contributed by atoms with Gasteiger partial charge in [0.2, 0.25) is 11.6 Å². The van der Waals surface area contributed by atoms with Crippen LogP contribution in [0.25, 0.3) is 16.6 Å². The van der Waals surface area contributed by atoms with E-state index in [2.05, 4.69) is 28.8 Å². The second kappa shape index (κ2) is 11.3. The van der Waals surface area contributed by atoms with Gasteiger partial charge in [0, 0.05) is 16.9 Å². The Hall–Kier alpha value is -4.57. The van der Waals surface area contributed by atoms with E-state index in [0.717, 1.165) is 37.4 Å². The molecule has 1 saturated heterocycles. The van der Waals surface area contributed by atoms with Gasteiger partial charge in [-0.15, -0.1) is 0 Å². The number of nitrogens with zero attached hydrogens (tertiary/aromatic N) is 3. The van der Waals surface area contributed by atoms with Gasteiger partial charge in [-0.05, 0) is 112 Å². The number of aromatic amines is 1. The number of piperidine rings is 1. The number of hydrogen-bond donors (Lipinski definition) is 2. The van der Waals surface area contributed by atoms with Crippen molar-refractivity contribution < 1.29 is 22.7 Å². The summed E-state index contributed by atoms with van der Waals surface area (Å²) in [6.07, 6.45) is 3.17. The summed E-state index contributed by atoms with van der Waals surface area (Å²) in [6.45, 7) is 7.99. The number of anilines is 1. The summed E-state index contributed by atoms with van der Waals surface area (Å²) in [5, 5.41) is 5.10. The summed E-state index contributed by atoms with van der Waals surface area (Å²) < 4.78 is 49.7. The lowest BCUT2D eigenvalue weighted by atomic mass is 9.88. The number of ketones is 1. The zero-order valence-corrected chi connectivity index (χ0v) is 24.1. The summed E-state index contributed by atoms with van der Waals surface area (Å²) in [7, 11) is 0. The summed E-state index contributed by atoms with van der Waals surface area (Å²) in [6, 6.07) is 14.1. The van der Waals surface area contributed by atoms with Crippen LogP contribution in [0.2, 0.25) is 0 Å². The van der Waals surface area contributed by atoms with Crippen LogP contribution in [-0.4, -0.2) is 44.6 Å². The summed E-state index contributed by atoms with van der Waals surface area (Å²) in [5.41, 5.74) is 9.34. The number of aromatic nitrogens is 3. The second-order valence-electron chi connectivity index (χ2n) is 11.3. The minimum Gasteiger partial charge on any atom is -0.454 e. The molecule has 0 atom stereocenters. The Bertz CT molecular complexity index is 1840. The highest BCUT2D eigenvalue weighted by Crippen LogP contribution is 2.34. The van der Waals surface area contributed by atoms with Gasteiger partial charge in [0.15, 0.2) is 11.6 Å². The molecule has 0 saturated carbocycles. The molecular formula is C33H32F3N5O2. The number of aryl methyl sites for hydroxylation is 1. The number of carbonyl (C=O) groups excluding carboxylic acids is 1. The number of ether oxygens (including phenoxy) is 1. The SMILES string of the molecule is Cc1cc(Oc2cccc(F)c2F)ccc1-n1ncc(C(=O)c2cc3cc(C4CCN(C(C)C)CC4)c(F)cc3[nH]2)c1N. The van der Waals surface area contributed by atoms with E-state index in [1.54, 1.807) is 31.2 Å². The maximum Gasteiger partial charge on any atom is 0.214 e. The van der Waals surface area contributed by atoms with Gasteiger partial charge < -0.3 is 20.4 Å². The van der Waals surface area contributed by atoms with Gasteiger partial charge >= 0.3 is 0 Å². The Morgan fingerprint density at radius 1 is 1.05 bits per heavy atom. The summed E-state index contributed by atoms with van der Waals surface area (Å²) >= 11 is 0. The molecule has 43 heavy (non-hydrogen) atoms. The van der Waals surface area contributed by atoms with Crippen LogP contribution in [0.3, 0.4) is 0 Å². The van der Waals surface area contributed by atoms with E-state index in [0.29, 0.717) is 34.1 Å². The van der Waals surface area contributed by atoms with Gasteiger partial charge in [0.05, 0.1) is 23.1 Å². The standard InChI is InChI=1S/C33H32F3N5O2/c1-18(2)40-11-9-20(10-12-40)23-14-21-15-28(39-27(21)16-26(23)35)32(42)24-17-38-41(33(24)37)29-8-7-22(13-19(29)3)43-30-6-4-5-25(34)31(30)36/h4-8,13-18,20,39H,9-12,37H2,1-3H3. The van der Waals surface area contributed by atoms with Gasteiger partial charge in [-0.1, -0.05) is 6.07 Å². The number of likely N-dealkylation sites (tertiary alicyclic amines) is 1. The predicted molar refractivity (Wildman–Crippen MR) is 160 cm³/mol. The number of halogens is 3. The first kappa shape index (κ1) is 28.5. The first-order valence-corrected chi connectivity index (χ1v) is 14.3. The lowest BCUT2D eigenvalue weighted by molar-refractivity contribution is 0.103. The summed E-state index contributed by atoms with van der Waals surface area (Å²) in [4.78, 5) is 19.0. The molecule has 10 heteroatoms. The molecule has 0 spiro atoms. The van der Waals surface area contributed by atoms with Crippen LogP contribution in [0.5, 0.6) is 11.5 Å². The Morgan fingerprint density at radius 2 is 1.81 bits per heavy atom. The van der Waals surface area contributed by atoms with Gasteiger partial charge in [-0.25, -0.2) is 13.5 Å². The highest BCUT2D eigenvalue weighted by atomic mass is 19.2. The molecule has 5 aromatic rings. The fourth-order valence-electron chi connectivity index (χ4n) is 5.82. The maximum atomic E-state index is 15.2. The molecule has 0 amide bonds. The van der Waals surface area contributed by atoms with Crippen LogP contribution in [0, 0.1) is 24.4 Å². The van der Waals surface area contributed by atoms with Crippen molar-refractivity contribution in [2.45, 2.75) is 45.6 Å². The van der Waals surface area contributed by atoms with E-state index in [9.17, 15) is 13.6 Å². The van der Waals surface area contributed by atoms with Crippen LogP contribution in [0.4, 0.5) is 19.0 Å². The van der Waals surface area contributed by atoms with Crippen LogP contribution in [0.15, 0.2) is 60.8 Å². The average molecular weight is 588 g/mol. The fraction of sp³-hybridized carbons (Fsp3) is 0.273. The number of nitrogens with two attached hydrogens (primary N) is 1. The zero-order chi connectivity index (χ0) is 30.4. The fourth-order valence-corrected chi connectivity index (χ4v) is 5.82. The van der Waals surface area contributed by atoms with Crippen molar-refractivity contribution in [3.05, 3.63) is 101 Å². The Balaban J connectivity index is 1.23. The van der Waals surface area contributed by atoms with E-state index >= 15 is 4.39 Å². The molecule has 3 heterocycles. The molecule has 0 bridgehead atoms.